The Labute approximate surface area is 139 Å². The van der Waals surface area contributed by atoms with Gasteiger partial charge < -0.3 is 9.64 Å². The van der Waals surface area contributed by atoms with E-state index in [2.05, 4.69) is 15.9 Å². The van der Waals surface area contributed by atoms with Crippen LogP contribution in [0.5, 0.6) is 5.75 Å². The largest absolute Gasteiger partial charge is 0.495 e. The van der Waals surface area contributed by atoms with Gasteiger partial charge >= 0.3 is 0 Å². The molecule has 1 aliphatic heterocycles. The maximum atomic E-state index is 12.2. The van der Waals surface area contributed by atoms with Crippen LogP contribution in [0.25, 0.3) is 0 Å². The van der Waals surface area contributed by atoms with E-state index in [-0.39, 0.29) is 40.6 Å². The topological polar surface area (TPSA) is 89.8 Å². The quantitative estimate of drug-likeness (QED) is 0.581. The molecule has 118 valence electrons. The van der Waals surface area contributed by atoms with Crippen LogP contribution in [0.15, 0.2) is 16.6 Å². The minimum absolute atomic E-state index is 0.0810. The van der Waals surface area contributed by atoms with Gasteiger partial charge in [0.25, 0.3) is 5.69 Å². The monoisotopic (exact) mass is 388 g/mol. The summed E-state index contributed by atoms with van der Waals surface area (Å²) in [7, 11) is 1.44. The Morgan fingerprint density at radius 3 is 2.77 bits per heavy atom. The first-order valence-electron chi connectivity index (χ1n) is 6.33. The summed E-state index contributed by atoms with van der Waals surface area (Å²) >= 11 is 4.28. The Kier molecular flexibility index (Phi) is 5.07. The van der Waals surface area contributed by atoms with Crippen LogP contribution in [0.2, 0.25) is 0 Å². The fourth-order valence-electron chi connectivity index (χ4n) is 2.27. The zero-order valence-corrected chi connectivity index (χ0v) is 14.3. The average Bonchev–Trinajstić information content (AvgIpc) is 2.78. The summed E-state index contributed by atoms with van der Waals surface area (Å²) in [5.41, 5.74) is -0.00352. The van der Waals surface area contributed by atoms with E-state index in [9.17, 15) is 19.7 Å². The average molecular weight is 389 g/mol. The molecule has 1 atom stereocenters. The molecule has 1 heterocycles. The molecule has 1 aromatic rings. The molecule has 0 spiro atoms. The molecule has 7 nitrogen and oxygen atoms in total. The molecule has 0 radical (unpaired) electrons. The lowest BCUT2D eigenvalue weighted by molar-refractivity contribution is -0.384. The number of nitrogens with zero attached hydrogens (tertiary/aromatic N) is 2. The molecular weight excluding hydrogens is 376 g/mol. The van der Waals surface area contributed by atoms with E-state index >= 15 is 0 Å². The van der Waals surface area contributed by atoms with E-state index in [4.69, 9.17) is 4.74 Å². The lowest BCUT2D eigenvalue weighted by atomic mass is 10.2. The van der Waals surface area contributed by atoms with Crippen LogP contribution in [-0.2, 0) is 9.59 Å². The van der Waals surface area contributed by atoms with Crippen LogP contribution in [0.4, 0.5) is 11.4 Å². The Hall–Kier alpha value is -1.61. The third kappa shape index (κ3) is 3.41. The van der Waals surface area contributed by atoms with Gasteiger partial charge in [-0.2, -0.15) is 0 Å². The molecule has 1 saturated heterocycles. The standard InChI is InChI=1S/C13H13BrN2O5S/c1-7(17)22-8-3-13(18)15(6-8)10-5-12(21-2)9(14)4-11(10)16(19)20/h4-5,8H,3,6H2,1-2H3. The molecule has 1 unspecified atom stereocenters. The number of carbonyl (C=O) groups excluding carboxylic acids is 2. The van der Waals surface area contributed by atoms with Gasteiger partial charge in [0.1, 0.15) is 11.4 Å². The first kappa shape index (κ1) is 16.8. The highest BCUT2D eigenvalue weighted by molar-refractivity contribution is 9.10. The Bertz CT molecular complexity index is 652. The normalized spacial score (nSPS) is 17.7. The van der Waals surface area contributed by atoms with E-state index in [0.717, 1.165) is 11.8 Å². The van der Waals surface area contributed by atoms with Crippen LogP contribution in [0, 0.1) is 10.1 Å². The third-order valence-electron chi connectivity index (χ3n) is 3.16. The van der Waals surface area contributed by atoms with Crippen molar-refractivity contribution in [3.8, 4) is 5.75 Å². The number of hydrogen-bond acceptors (Lipinski definition) is 6. The molecular formula is C13H13BrN2O5S. The maximum Gasteiger partial charge on any atom is 0.294 e. The number of hydrogen-bond donors (Lipinski definition) is 0. The molecule has 0 aliphatic carbocycles. The number of methoxy groups -OCH3 is 1. The molecule has 1 aliphatic rings. The Morgan fingerprint density at radius 2 is 2.23 bits per heavy atom. The minimum atomic E-state index is -0.543. The fraction of sp³-hybridized carbons (Fsp3) is 0.385. The van der Waals surface area contributed by atoms with Crippen molar-refractivity contribution in [1.82, 2.24) is 0 Å². The fourth-order valence-corrected chi connectivity index (χ4v) is 3.68. The highest BCUT2D eigenvalue weighted by atomic mass is 79.9. The highest BCUT2D eigenvalue weighted by Crippen LogP contribution is 2.40. The van der Waals surface area contributed by atoms with Crippen LogP contribution in [0.3, 0.4) is 0 Å². The van der Waals surface area contributed by atoms with Crippen LogP contribution in [0.1, 0.15) is 13.3 Å². The predicted octanol–water partition coefficient (Wildman–Crippen LogP) is 2.75. The number of benzene rings is 1. The number of halogens is 1. The van der Waals surface area contributed by atoms with Crippen LogP contribution < -0.4 is 9.64 Å². The second kappa shape index (κ2) is 6.66. The Morgan fingerprint density at radius 1 is 1.55 bits per heavy atom. The van der Waals surface area contributed by atoms with Crippen molar-refractivity contribution >= 4 is 50.1 Å². The minimum Gasteiger partial charge on any atom is -0.495 e. The van der Waals surface area contributed by atoms with Crippen molar-refractivity contribution in [2.45, 2.75) is 18.6 Å². The summed E-state index contributed by atoms with van der Waals surface area (Å²) in [5, 5.41) is 11.0. The number of ether oxygens (including phenoxy) is 1. The van der Waals surface area contributed by atoms with Gasteiger partial charge in [-0.25, -0.2) is 0 Å². The molecule has 0 bridgehead atoms. The smallest absolute Gasteiger partial charge is 0.294 e. The van der Waals surface area contributed by atoms with Gasteiger partial charge in [-0.3, -0.25) is 19.7 Å². The molecule has 1 amide bonds. The van der Waals surface area contributed by atoms with E-state index in [1.807, 2.05) is 0 Å². The van der Waals surface area contributed by atoms with Crippen molar-refractivity contribution in [1.29, 1.82) is 0 Å². The van der Waals surface area contributed by atoms with Crippen molar-refractivity contribution in [2.75, 3.05) is 18.6 Å². The second-order valence-electron chi connectivity index (χ2n) is 4.67. The number of rotatable bonds is 4. The van der Waals surface area contributed by atoms with Gasteiger partial charge in [-0.15, -0.1) is 0 Å². The predicted molar refractivity (Wildman–Crippen MR) is 86.4 cm³/mol. The maximum absolute atomic E-state index is 12.2. The SMILES string of the molecule is COc1cc(N2CC(SC(C)=O)CC2=O)c([N+](=O)[O-])cc1Br. The van der Waals surface area contributed by atoms with Crippen molar-refractivity contribution in [3.63, 3.8) is 0 Å². The third-order valence-corrected chi connectivity index (χ3v) is 4.76. The van der Waals surface area contributed by atoms with Gasteiger partial charge in [0, 0.05) is 37.3 Å². The highest BCUT2D eigenvalue weighted by Gasteiger charge is 2.36. The summed E-state index contributed by atoms with van der Waals surface area (Å²) in [5.74, 6) is 0.155. The van der Waals surface area contributed by atoms with Crippen molar-refractivity contribution < 1.29 is 19.2 Å². The number of nitro benzene ring substituents is 1. The van der Waals surface area contributed by atoms with Gasteiger partial charge in [0.2, 0.25) is 5.91 Å². The number of anilines is 1. The second-order valence-corrected chi connectivity index (χ2v) is 7.00. The summed E-state index contributed by atoms with van der Waals surface area (Å²) in [6, 6.07) is 2.77. The van der Waals surface area contributed by atoms with E-state index < -0.39 is 4.92 Å². The van der Waals surface area contributed by atoms with Crippen molar-refractivity contribution in [2.24, 2.45) is 0 Å². The zero-order valence-electron chi connectivity index (χ0n) is 11.9. The molecule has 0 aromatic heterocycles. The van der Waals surface area contributed by atoms with Crippen LogP contribution >= 0.6 is 27.7 Å². The summed E-state index contributed by atoms with van der Waals surface area (Å²) < 4.78 is 5.58. The Balaban J connectivity index is 2.40. The summed E-state index contributed by atoms with van der Waals surface area (Å²) in [6.07, 6.45) is 0.180. The summed E-state index contributed by atoms with van der Waals surface area (Å²) in [6.45, 7) is 1.69. The molecule has 1 fully saturated rings. The number of carbonyl (C=O) groups is 2. The first-order valence-corrected chi connectivity index (χ1v) is 8.00. The van der Waals surface area contributed by atoms with E-state index in [1.165, 1.54) is 31.1 Å². The van der Waals surface area contributed by atoms with E-state index in [1.54, 1.807) is 0 Å². The van der Waals surface area contributed by atoms with E-state index in [0.29, 0.717) is 10.2 Å². The molecule has 2 rings (SSSR count). The van der Waals surface area contributed by atoms with Gasteiger partial charge in [0.05, 0.1) is 16.5 Å². The molecule has 0 N–H and O–H groups in total. The molecule has 9 heteroatoms. The number of nitro groups is 1. The molecule has 22 heavy (non-hydrogen) atoms. The molecule has 0 saturated carbocycles. The first-order chi connectivity index (χ1) is 10.3. The zero-order chi connectivity index (χ0) is 16.4. The van der Waals surface area contributed by atoms with Gasteiger partial charge in [-0.1, -0.05) is 11.8 Å². The lowest BCUT2D eigenvalue weighted by Crippen LogP contribution is -2.26. The number of amides is 1. The van der Waals surface area contributed by atoms with Crippen LogP contribution in [-0.4, -0.2) is 34.9 Å². The van der Waals surface area contributed by atoms with Gasteiger partial charge in [0.15, 0.2) is 5.12 Å². The summed E-state index contributed by atoms with van der Waals surface area (Å²) in [4.78, 5) is 35.4. The van der Waals surface area contributed by atoms with Crippen molar-refractivity contribution in [3.05, 3.63) is 26.7 Å². The van der Waals surface area contributed by atoms with Gasteiger partial charge in [-0.05, 0) is 15.9 Å². The lowest BCUT2D eigenvalue weighted by Gasteiger charge is -2.18. The molecule has 1 aromatic carbocycles. The number of thioether (sulfide) groups is 1.